The van der Waals surface area contributed by atoms with E-state index in [2.05, 4.69) is 10.1 Å². The number of carbonyl (C=O) groups is 2. The van der Waals surface area contributed by atoms with Crippen LogP contribution in [0.3, 0.4) is 0 Å². The fourth-order valence-corrected chi connectivity index (χ4v) is 0.579. The number of ether oxygens (including phenoxy) is 1. The molecule has 0 atom stereocenters. The molecule has 11 heavy (non-hydrogen) atoms. The highest BCUT2D eigenvalue weighted by atomic mass is 16.5. The molecule has 0 saturated heterocycles. The van der Waals surface area contributed by atoms with Crippen molar-refractivity contribution in [3.8, 4) is 0 Å². The first-order valence-electron chi connectivity index (χ1n) is 3.52. The van der Waals surface area contributed by atoms with Crippen molar-refractivity contribution in [1.29, 1.82) is 0 Å². The van der Waals surface area contributed by atoms with Gasteiger partial charge in [-0.3, -0.25) is 4.79 Å². The molecule has 0 fully saturated rings. The second kappa shape index (κ2) is 7.21. The second-order valence-corrected chi connectivity index (χ2v) is 2.03. The monoisotopic (exact) mass is 159 g/mol. The Balaban J connectivity index is 3.01. The molecule has 0 rings (SSSR count). The molecule has 0 aromatic carbocycles. The summed E-state index contributed by atoms with van der Waals surface area (Å²) in [5.41, 5.74) is 0. The van der Waals surface area contributed by atoms with Gasteiger partial charge < -0.3 is 14.8 Å². The maximum absolute atomic E-state index is 10.5. The summed E-state index contributed by atoms with van der Waals surface area (Å²) in [6.45, 7) is 1.20. The molecule has 0 aromatic rings. The highest BCUT2D eigenvalue weighted by Crippen LogP contribution is 1.80. The van der Waals surface area contributed by atoms with Gasteiger partial charge in [-0.05, 0) is 0 Å². The SMILES string of the molecule is COC(=O)CCNCCC=O. The second-order valence-electron chi connectivity index (χ2n) is 2.03. The Bertz CT molecular complexity index is 125. The van der Waals surface area contributed by atoms with E-state index in [1.165, 1.54) is 7.11 Å². The lowest BCUT2D eigenvalue weighted by molar-refractivity contribution is -0.140. The maximum Gasteiger partial charge on any atom is 0.306 e. The van der Waals surface area contributed by atoms with Crippen LogP contribution in [0.1, 0.15) is 12.8 Å². The number of methoxy groups -OCH3 is 1. The molecule has 0 aliphatic rings. The van der Waals surface area contributed by atoms with Crippen molar-refractivity contribution < 1.29 is 14.3 Å². The third-order valence-electron chi connectivity index (χ3n) is 1.17. The van der Waals surface area contributed by atoms with Crippen molar-refractivity contribution in [2.24, 2.45) is 0 Å². The minimum atomic E-state index is -0.233. The van der Waals surface area contributed by atoms with Crippen molar-refractivity contribution in [3.05, 3.63) is 0 Å². The summed E-state index contributed by atoms with van der Waals surface area (Å²) in [6.07, 6.45) is 1.68. The predicted molar refractivity (Wildman–Crippen MR) is 40.2 cm³/mol. The van der Waals surface area contributed by atoms with E-state index in [-0.39, 0.29) is 5.97 Å². The van der Waals surface area contributed by atoms with E-state index in [4.69, 9.17) is 0 Å². The molecule has 0 unspecified atom stereocenters. The van der Waals surface area contributed by atoms with E-state index < -0.39 is 0 Å². The molecule has 4 nitrogen and oxygen atoms in total. The Kier molecular flexibility index (Phi) is 6.62. The van der Waals surface area contributed by atoms with Gasteiger partial charge in [-0.2, -0.15) is 0 Å². The van der Waals surface area contributed by atoms with E-state index in [1.807, 2.05) is 0 Å². The molecule has 0 radical (unpaired) electrons. The molecule has 0 amide bonds. The number of nitrogens with one attached hydrogen (secondary N) is 1. The van der Waals surface area contributed by atoms with Crippen LogP contribution in [-0.4, -0.2) is 32.5 Å². The van der Waals surface area contributed by atoms with Crippen molar-refractivity contribution in [1.82, 2.24) is 5.32 Å². The van der Waals surface area contributed by atoms with Gasteiger partial charge in [-0.25, -0.2) is 0 Å². The zero-order valence-electron chi connectivity index (χ0n) is 6.63. The van der Waals surface area contributed by atoms with E-state index in [0.717, 1.165) is 6.29 Å². The van der Waals surface area contributed by atoms with E-state index in [1.54, 1.807) is 0 Å². The van der Waals surface area contributed by atoms with Crippen molar-refractivity contribution in [2.45, 2.75) is 12.8 Å². The summed E-state index contributed by atoms with van der Waals surface area (Å²) in [5.74, 6) is -0.233. The standard InChI is InChI=1S/C7H13NO3/c1-11-7(10)3-5-8-4-2-6-9/h6,8H,2-5H2,1H3. The van der Waals surface area contributed by atoms with Crippen LogP contribution < -0.4 is 5.32 Å². The van der Waals surface area contributed by atoms with Gasteiger partial charge in [-0.1, -0.05) is 0 Å². The lowest BCUT2D eigenvalue weighted by atomic mass is 10.4. The molecule has 0 aromatic heterocycles. The Morgan fingerprint density at radius 2 is 2.27 bits per heavy atom. The molecule has 64 valence electrons. The Morgan fingerprint density at radius 1 is 1.55 bits per heavy atom. The molecular weight excluding hydrogens is 146 g/mol. The van der Waals surface area contributed by atoms with Crippen molar-refractivity contribution in [2.75, 3.05) is 20.2 Å². The zero-order chi connectivity index (χ0) is 8.53. The summed E-state index contributed by atoms with van der Waals surface area (Å²) in [6, 6.07) is 0. The van der Waals surface area contributed by atoms with E-state index >= 15 is 0 Å². The average molecular weight is 159 g/mol. The maximum atomic E-state index is 10.5. The smallest absolute Gasteiger partial charge is 0.306 e. The quantitative estimate of drug-likeness (QED) is 0.329. The van der Waals surface area contributed by atoms with Gasteiger partial charge in [0.2, 0.25) is 0 Å². The van der Waals surface area contributed by atoms with Crippen LogP contribution in [0.15, 0.2) is 0 Å². The summed E-state index contributed by atoms with van der Waals surface area (Å²) < 4.78 is 4.41. The van der Waals surface area contributed by atoms with Crippen LogP contribution in [0.2, 0.25) is 0 Å². The highest BCUT2D eigenvalue weighted by Gasteiger charge is 1.97. The topological polar surface area (TPSA) is 55.4 Å². The molecule has 0 aliphatic carbocycles. The fourth-order valence-electron chi connectivity index (χ4n) is 0.579. The molecule has 0 spiro atoms. The highest BCUT2D eigenvalue weighted by molar-refractivity contribution is 5.69. The Hall–Kier alpha value is -0.900. The summed E-state index contributed by atoms with van der Waals surface area (Å²) >= 11 is 0. The predicted octanol–water partition coefficient (Wildman–Crippen LogP) is -0.272. The van der Waals surface area contributed by atoms with Gasteiger partial charge in [0.05, 0.1) is 13.5 Å². The van der Waals surface area contributed by atoms with Gasteiger partial charge in [0.15, 0.2) is 0 Å². The summed E-state index contributed by atoms with van der Waals surface area (Å²) in [4.78, 5) is 20.3. The van der Waals surface area contributed by atoms with Gasteiger partial charge >= 0.3 is 5.97 Å². The largest absolute Gasteiger partial charge is 0.469 e. The van der Waals surface area contributed by atoms with Crippen LogP contribution in [0, 0.1) is 0 Å². The van der Waals surface area contributed by atoms with Crippen LogP contribution in [0.4, 0.5) is 0 Å². The number of aldehydes is 1. The van der Waals surface area contributed by atoms with Crippen LogP contribution in [-0.2, 0) is 14.3 Å². The molecule has 0 bridgehead atoms. The van der Waals surface area contributed by atoms with Gasteiger partial charge in [0.25, 0.3) is 0 Å². The lowest BCUT2D eigenvalue weighted by Crippen LogP contribution is -2.20. The zero-order valence-corrected chi connectivity index (χ0v) is 6.63. The fraction of sp³-hybridized carbons (Fsp3) is 0.714. The van der Waals surface area contributed by atoms with Crippen molar-refractivity contribution >= 4 is 12.3 Å². The number of esters is 1. The normalized spacial score (nSPS) is 9.18. The minimum Gasteiger partial charge on any atom is -0.469 e. The third kappa shape index (κ3) is 6.99. The first-order chi connectivity index (χ1) is 5.31. The lowest BCUT2D eigenvalue weighted by Gasteiger charge is -1.99. The third-order valence-corrected chi connectivity index (χ3v) is 1.17. The first-order valence-corrected chi connectivity index (χ1v) is 3.52. The minimum absolute atomic E-state index is 0.233. The summed E-state index contributed by atoms with van der Waals surface area (Å²) in [5, 5.41) is 2.92. The van der Waals surface area contributed by atoms with Gasteiger partial charge in [-0.15, -0.1) is 0 Å². The Labute approximate surface area is 65.9 Å². The number of rotatable bonds is 6. The molecule has 0 heterocycles. The molecular formula is C7H13NO3. The van der Waals surface area contributed by atoms with Gasteiger partial charge in [0.1, 0.15) is 6.29 Å². The van der Waals surface area contributed by atoms with Crippen molar-refractivity contribution in [3.63, 3.8) is 0 Å². The first kappa shape index (κ1) is 10.1. The Morgan fingerprint density at radius 3 is 2.82 bits per heavy atom. The van der Waals surface area contributed by atoms with E-state index in [9.17, 15) is 9.59 Å². The van der Waals surface area contributed by atoms with Gasteiger partial charge in [0, 0.05) is 19.5 Å². The molecule has 1 N–H and O–H groups in total. The number of carbonyl (C=O) groups excluding carboxylic acids is 2. The van der Waals surface area contributed by atoms with Crippen LogP contribution in [0.5, 0.6) is 0 Å². The molecule has 0 saturated carbocycles. The van der Waals surface area contributed by atoms with Crippen LogP contribution in [0.25, 0.3) is 0 Å². The summed E-state index contributed by atoms with van der Waals surface area (Å²) in [7, 11) is 1.35. The molecule has 0 aliphatic heterocycles. The number of hydrogen-bond acceptors (Lipinski definition) is 4. The van der Waals surface area contributed by atoms with Crippen LogP contribution >= 0.6 is 0 Å². The van der Waals surface area contributed by atoms with E-state index in [0.29, 0.717) is 25.9 Å². The molecule has 4 heteroatoms. The number of hydrogen-bond donors (Lipinski definition) is 1. The average Bonchev–Trinajstić information content (AvgIpc) is 2.04.